The van der Waals surface area contributed by atoms with Crippen molar-refractivity contribution in [2.75, 3.05) is 6.61 Å². The molecular formula is C16H20O2. The van der Waals surface area contributed by atoms with Crippen LogP contribution in [0.1, 0.15) is 38.5 Å². The molecule has 2 nitrogen and oxygen atoms in total. The van der Waals surface area contributed by atoms with E-state index in [1.165, 1.54) is 38.5 Å². The Kier molecular flexibility index (Phi) is 3.54. The summed E-state index contributed by atoms with van der Waals surface area (Å²) in [6, 6.07) is 8.03. The minimum atomic E-state index is 0.814. The Hall–Kier alpha value is -1.44. The topological polar surface area (TPSA) is 22.4 Å². The maximum atomic E-state index is 5.87. The van der Waals surface area contributed by atoms with E-state index in [2.05, 4.69) is 6.07 Å². The molecule has 0 saturated heterocycles. The van der Waals surface area contributed by atoms with Crippen LogP contribution in [0.25, 0.3) is 11.0 Å². The van der Waals surface area contributed by atoms with Gasteiger partial charge < -0.3 is 9.15 Å². The Bertz CT molecular complexity index is 495. The fourth-order valence-electron chi connectivity index (χ4n) is 2.88. The molecule has 3 rings (SSSR count). The zero-order valence-electron chi connectivity index (χ0n) is 10.7. The Morgan fingerprint density at radius 2 is 1.94 bits per heavy atom. The van der Waals surface area contributed by atoms with Crippen molar-refractivity contribution < 1.29 is 9.15 Å². The standard InChI is InChI=1S/C16H20O2/c1-2-6-13(7-3-1)10-11-17-16-12-18-15-9-5-4-8-14(15)16/h4-5,8-9,12-13H,1-3,6-7,10-11H2. The van der Waals surface area contributed by atoms with E-state index < -0.39 is 0 Å². The van der Waals surface area contributed by atoms with Gasteiger partial charge in [0.1, 0.15) is 11.8 Å². The van der Waals surface area contributed by atoms with Crippen molar-refractivity contribution in [2.45, 2.75) is 38.5 Å². The van der Waals surface area contributed by atoms with Crippen molar-refractivity contribution in [3.8, 4) is 5.75 Å². The van der Waals surface area contributed by atoms with Gasteiger partial charge in [-0.2, -0.15) is 0 Å². The molecule has 1 fully saturated rings. The quantitative estimate of drug-likeness (QED) is 0.772. The summed E-state index contributed by atoms with van der Waals surface area (Å²) in [4.78, 5) is 0. The summed E-state index contributed by atoms with van der Waals surface area (Å²) in [6.45, 7) is 0.814. The first-order valence-corrected chi connectivity index (χ1v) is 7.02. The number of ether oxygens (including phenoxy) is 1. The molecule has 0 bridgehead atoms. The second-order valence-electron chi connectivity index (χ2n) is 5.24. The van der Waals surface area contributed by atoms with Gasteiger partial charge in [0.2, 0.25) is 0 Å². The molecule has 0 amide bonds. The van der Waals surface area contributed by atoms with Crippen molar-refractivity contribution in [1.82, 2.24) is 0 Å². The molecule has 1 aliphatic carbocycles. The molecular weight excluding hydrogens is 224 g/mol. The van der Waals surface area contributed by atoms with E-state index in [0.29, 0.717) is 0 Å². The summed E-state index contributed by atoms with van der Waals surface area (Å²) < 4.78 is 11.3. The van der Waals surface area contributed by atoms with E-state index >= 15 is 0 Å². The van der Waals surface area contributed by atoms with Gasteiger partial charge in [-0.05, 0) is 24.5 Å². The Morgan fingerprint density at radius 3 is 2.83 bits per heavy atom. The third-order valence-electron chi connectivity index (χ3n) is 3.95. The maximum absolute atomic E-state index is 5.87. The molecule has 1 heterocycles. The zero-order valence-corrected chi connectivity index (χ0v) is 10.7. The van der Waals surface area contributed by atoms with Crippen LogP contribution in [0, 0.1) is 5.92 Å². The monoisotopic (exact) mass is 244 g/mol. The number of para-hydroxylation sites is 1. The molecule has 18 heavy (non-hydrogen) atoms. The largest absolute Gasteiger partial charge is 0.490 e. The molecule has 1 aliphatic rings. The average molecular weight is 244 g/mol. The van der Waals surface area contributed by atoms with Crippen molar-refractivity contribution in [2.24, 2.45) is 5.92 Å². The molecule has 96 valence electrons. The Balaban J connectivity index is 1.56. The molecule has 0 spiro atoms. The summed E-state index contributed by atoms with van der Waals surface area (Å²) in [6.07, 6.45) is 9.90. The van der Waals surface area contributed by atoms with Crippen molar-refractivity contribution >= 4 is 11.0 Å². The van der Waals surface area contributed by atoms with Gasteiger partial charge in [0, 0.05) is 0 Å². The average Bonchev–Trinajstić information content (AvgIpc) is 2.84. The van der Waals surface area contributed by atoms with Crippen molar-refractivity contribution in [3.05, 3.63) is 30.5 Å². The van der Waals surface area contributed by atoms with Crippen LogP contribution in [0.2, 0.25) is 0 Å². The number of hydrogen-bond acceptors (Lipinski definition) is 2. The number of fused-ring (bicyclic) bond motifs is 1. The van der Waals surface area contributed by atoms with Gasteiger partial charge >= 0.3 is 0 Å². The third-order valence-corrected chi connectivity index (χ3v) is 3.95. The number of rotatable bonds is 4. The van der Waals surface area contributed by atoms with Crippen LogP contribution < -0.4 is 4.74 Å². The minimum Gasteiger partial charge on any atom is -0.490 e. The molecule has 0 N–H and O–H groups in total. The second kappa shape index (κ2) is 5.47. The summed E-state index contributed by atoms with van der Waals surface area (Å²) in [7, 11) is 0. The van der Waals surface area contributed by atoms with Gasteiger partial charge in [-0.15, -0.1) is 0 Å². The zero-order chi connectivity index (χ0) is 12.2. The van der Waals surface area contributed by atoms with Gasteiger partial charge in [-0.25, -0.2) is 0 Å². The van der Waals surface area contributed by atoms with E-state index in [-0.39, 0.29) is 0 Å². The fourth-order valence-corrected chi connectivity index (χ4v) is 2.88. The molecule has 0 radical (unpaired) electrons. The van der Waals surface area contributed by atoms with Crippen LogP contribution in [0.15, 0.2) is 34.9 Å². The number of furan rings is 1. The molecule has 1 saturated carbocycles. The lowest BCUT2D eigenvalue weighted by molar-refractivity contribution is 0.246. The van der Waals surface area contributed by atoms with Gasteiger partial charge in [0.05, 0.1) is 12.0 Å². The smallest absolute Gasteiger partial charge is 0.165 e. The maximum Gasteiger partial charge on any atom is 0.165 e. The minimum absolute atomic E-state index is 0.814. The van der Waals surface area contributed by atoms with E-state index in [9.17, 15) is 0 Å². The lowest BCUT2D eigenvalue weighted by atomic mass is 9.87. The summed E-state index contributed by atoms with van der Waals surface area (Å²) in [5.41, 5.74) is 0.908. The highest BCUT2D eigenvalue weighted by Crippen LogP contribution is 2.29. The van der Waals surface area contributed by atoms with E-state index in [0.717, 1.165) is 29.2 Å². The van der Waals surface area contributed by atoms with Crippen LogP contribution in [0.5, 0.6) is 5.75 Å². The Morgan fingerprint density at radius 1 is 1.11 bits per heavy atom. The number of hydrogen-bond donors (Lipinski definition) is 0. The van der Waals surface area contributed by atoms with Crippen LogP contribution >= 0.6 is 0 Å². The summed E-state index contributed by atoms with van der Waals surface area (Å²) >= 11 is 0. The molecule has 0 aliphatic heterocycles. The molecule has 2 heteroatoms. The molecule has 2 aromatic rings. The summed E-state index contributed by atoms with van der Waals surface area (Å²) in [5, 5.41) is 1.08. The van der Waals surface area contributed by atoms with E-state index in [4.69, 9.17) is 9.15 Å². The van der Waals surface area contributed by atoms with E-state index in [1.54, 1.807) is 6.26 Å². The predicted molar refractivity (Wildman–Crippen MR) is 72.9 cm³/mol. The van der Waals surface area contributed by atoms with Gasteiger partial charge in [0.15, 0.2) is 5.75 Å². The van der Waals surface area contributed by atoms with Gasteiger partial charge in [0.25, 0.3) is 0 Å². The lowest BCUT2D eigenvalue weighted by Crippen LogP contribution is -2.10. The summed E-state index contributed by atoms with van der Waals surface area (Å²) in [5.74, 6) is 1.76. The first-order chi connectivity index (χ1) is 8.93. The molecule has 0 unspecified atom stereocenters. The second-order valence-corrected chi connectivity index (χ2v) is 5.24. The van der Waals surface area contributed by atoms with E-state index in [1.807, 2.05) is 18.2 Å². The highest BCUT2D eigenvalue weighted by atomic mass is 16.5. The molecule has 1 aromatic carbocycles. The van der Waals surface area contributed by atoms with Crippen LogP contribution in [-0.4, -0.2) is 6.61 Å². The van der Waals surface area contributed by atoms with Crippen LogP contribution in [-0.2, 0) is 0 Å². The fraction of sp³-hybridized carbons (Fsp3) is 0.500. The lowest BCUT2D eigenvalue weighted by Gasteiger charge is -2.21. The third kappa shape index (κ3) is 2.53. The highest BCUT2D eigenvalue weighted by molar-refractivity contribution is 5.83. The predicted octanol–water partition coefficient (Wildman–Crippen LogP) is 4.78. The first kappa shape index (κ1) is 11.6. The van der Waals surface area contributed by atoms with Crippen LogP contribution in [0.3, 0.4) is 0 Å². The number of benzene rings is 1. The van der Waals surface area contributed by atoms with Crippen LogP contribution in [0.4, 0.5) is 0 Å². The van der Waals surface area contributed by atoms with Crippen molar-refractivity contribution in [1.29, 1.82) is 0 Å². The first-order valence-electron chi connectivity index (χ1n) is 7.02. The highest BCUT2D eigenvalue weighted by Gasteiger charge is 2.13. The SMILES string of the molecule is c1ccc2c(OCCC3CCCCC3)coc2c1. The van der Waals surface area contributed by atoms with Crippen molar-refractivity contribution in [3.63, 3.8) is 0 Å². The normalized spacial score (nSPS) is 17.1. The molecule has 1 aromatic heterocycles. The Labute approximate surface area is 108 Å². The van der Waals surface area contributed by atoms with Gasteiger partial charge in [-0.1, -0.05) is 44.2 Å². The molecule has 0 atom stereocenters. The van der Waals surface area contributed by atoms with Gasteiger partial charge in [-0.3, -0.25) is 0 Å².